The molecule has 1 aliphatic carbocycles. The van der Waals surface area contributed by atoms with Gasteiger partial charge in [0.1, 0.15) is 5.75 Å². The molecule has 1 N–H and O–H groups in total. The lowest BCUT2D eigenvalue weighted by Gasteiger charge is -2.22. The predicted octanol–water partition coefficient (Wildman–Crippen LogP) is 3.70. The Hall–Kier alpha value is -2.25. The van der Waals surface area contributed by atoms with Crippen molar-refractivity contribution in [3.05, 3.63) is 53.1 Å². The second kappa shape index (κ2) is 8.01. The van der Waals surface area contributed by atoms with Crippen LogP contribution < -0.4 is 14.4 Å². The fourth-order valence-corrected chi connectivity index (χ4v) is 4.45. The molecular formula is C20H23ClN2O4S. The molecule has 1 atom stereocenters. The number of hydrogen-bond acceptors (Lipinski definition) is 4. The molecule has 0 unspecified atom stereocenters. The van der Waals surface area contributed by atoms with Crippen molar-refractivity contribution in [3.8, 4) is 5.75 Å². The summed E-state index contributed by atoms with van der Waals surface area (Å²) in [6.07, 6.45) is 2.18. The van der Waals surface area contributed by atoms with E-state index >= 15 is 0 Å². The number of benzene rings is 2. The van der Waals surface area contributed by atoms with Gasteiger partial charge in [-0.3, -0.25) is 9.10 Å². The van der Waals surface area contributed by atoms with Gasteiger partial charge in [0, 0.05) is 13.1 Å². The number of rotatable bonds is 7. The molecular weight excluding hydrogens is 400 g/mol. The van der Waals surface area contributed by atoms with Gasteiger partial charge in [-0.1, -0.05) is 23.7 Å². The zero-order valence-electron chi connectivity index (χ0n) is 16.0. The smallest absolute Gasteiger partial charge is 0.264 e. The Morgan fingerprint density at radius 2 is 1.93 bits per heavy atom. The molecule has 1 aliphatic rings. The van der Waals surface area contributed by atoms with Gasteiger partial charge in [-0.15, -0.1) is 0 Å². The van der Waals surface area contributed by atoms with Crippen molar-refractivity contribution >= 4 is 33.2 Å². The van der Waals surface area contributed by atoms with Crippen LogP contribution in [0.2, 0.25) is 5.02 Å². The molecule has 1 fully saturated rings. The van der Waals surface area contributed by atoms with Gasteiger partial charge in [-0.05, 0) is 56.0 Å². The number of carbonyl (C=O) groups excluding carboxylic acids is 1. The molecule has 0 aliphatic heterocycles. The summed E-state index contributed by atoms with van der Waals surface area (Å²) in [6.45, 7) is 1.94. The number of sulfonamides is 1. The van der Waals surface area contributed by atoms with E-state index in [9.17, 15) is 13.2 Å². The van der Waals surface area contributed by atoms with Crippen molar-refractivity contribution in [3.63, 3.8) is 0 Å². The highest BCUT2D eigenvalue weighted by atomic mass is 35.5. The summed E-state index contributed by atoms with van der Waals surface area (Å²) < 4.78 is 32.6. The Bertz CT molecular complexity index is 989. The van der Waals surface area contributed by atoms with Gasteiger partial charge in [-0.25, -0.2) is 8.42 Å². The summed E-state index contributed by atoms with van der Waals surface area (Å²) >= 11 is 6.17. The zero-order valence-corrected chi connectivity index (χ0v) is 17.5. The van der Waals surface area contributed by atoms with Gasteiger partial charge < -0.3 is 10.1 Å². The molecule has 1 amide bonds. The summed E-state index contributed by atoms with van der Waals surface area (Å²) in [5, 5.41) is 3.11. The number of nitrogens with one attached hydrogen (secondary N) is 1. The molecule has 8 heteroatoms. The SMILES string of the molecule is COc1ccccc1N(C)S(=O)(=O)c1ccc(Cl)c(C(=O)N[C@H](C)C2CC2)c1. The maximum absolute atomic E-state index is 13.1. The number of anilines is 1. The number of ether oxygens (including phenoxy) is 1. The third-order valence-electron chi connectivity index (χ3n) is 4.95. The van der Waals surface area contributed by atoms with Gasteiger partial charge in [0.2, 0.25) is 0 Å². The molecule has 6 nitrogen and oxygen atoms in total. The third kappa shape index (κ3) is 4.10. The molecule has 2 aromatic carbocycles. The van der Waals surface area contributed by atoms with Crippen LogP contribution in [0.4, 0.5) is 5.69 Å². The summed E-state index contributed by atoms with van der Waals surface area (Å²) in [6, 6.07) is 11.0. The first-order chi connectivity index (χ1) is 13.3. The Labute approximate surface area is 170 Å². The Morgan fingerprint density at radius 1 is 1.25 bits per heavy atom. The highest BCUT2D eigenvalue weighted by molar-refractivity contribution is 7.92. The normalized spacial score (nSPS) is 15.0. The zero-order chi connectivity index (χ0) is 20.5. The largest absolute Gasteiger partial charge is 0.495 e. The molecule has 150 valence electrons. The molecule has 3 rings (SSSR count). The number of hydrogen-bond donors (Lipinski definition) is 1. The van der Waals surface area contributed by atoms with Crippen LogP contribution in [0.25, 0.3) is 0 Å². The lowest BCUT2D eigenvalue weighted by atomic mass is 10.1. The van der Waals surface area contributed by atoms with E-state index in [-0.39, 0.29) is 27.4 Å². The summed E-state index contributed by atoms with van der Waals surface area (Å²) in [5.74, 6) is 0.534. The number of halogens is 1. The fourth-order valence-electron chi connectivity index (χ4n) is 3.01. The average molecular weight is 423 g/mol. The first-order valence-corrected chi connectivity index (χ1v) is 10.8. The first-order valence-electron chi connectivity index (χ1n) is 8.98. The molecule has 0 saturated heterocycles. The van der Waals surface area contributed by atoms with Crippen molar-refractivity contribution in [2.45, 2.75) is 30.7 Å². The summed E-state index contributed by atoms with van der Waals surface area (Å²) in [5.41, 5.74) is 0.539. The highest BCUT2D eigenvalue weighted by Crippen LogP contribution is 2.33. The molecule has 0 radical (unpaired) electrons. The van der Waals surface area contributed by atoms with E-state index in [2.05, 4.69) is 5.32 Å². The van der Waals surface area contributed by atoms with Crippen LogP contribution in [-0.4, -0.2) is 34.5 Å². The average Bonchev–Trinajstić information content (AvgIpc) is 3.52. The summed E-state index contributed by atoms with van der Waals surface area (Å²) in [7, 11) is -0.997. The van der Waals surface area contributed by atoms with Gasteiger partial charge in [-0.2, -0.15) is 0 Å². The van der Waals surface area contributed by atoms with Crippen molar-refractivity contribution in [2.24, 2.45) is 5.92 Å². The molecule has 0 bridgehead atoms. The van der Waals surface area contributed by atoms with E-state index in [0.29, 0.717) is 17.4 Å². The van der Waals surface area contributed by atoms with E-state index in [0.717, 1.165) is 17.1 Å². The van der Waals surface area contributed by atoms with Crippen LogP contribution in [0.3, 0.4) is 0 Å². The van der Waals surface area contributed by atoms with Crippen LogP contribution in [0, 0.1) is 5.92 Å². The Morgan fingerprint density at radius 3 is 2.57 bits per heavy atom. The highest BCUT2D eigenvalue weighted by Gasteiger charge is 2.30. The number of carbonyl (C=O) groups is 1. The number of para-hydroxylation sites is 2. The standard InChI is InChI=1S/C20H23ClN2O4S/c1-13(14-8-9-14)22-20(24)16-12-15(10-11-17(16)21)28(25,26)23(2)18-6-4-5-7-19(18)27-3/h4-7,10-14H,8-9H2,1-3H3,(H,22,24)/t13-/m1/s1. The molecule has 2 aromatic rings. The van der Waals surface area contributed by atoms with Crippen LogP contribution >= 0.6 is 11.6 Å². The number of nitrogens with zero attached hydrogens (tertiary/aromatic N) is 1. The second-order valence-electron chi connectivity index (χ2n) is 6.89. The maximum atomic E-state index is 13.1. The lowest BCUT2D eigenvalue weighted by Crippen LogP contribution is -2.34. The van der Waals surface area contributed by atoms with E-state index in [1.54, 1.807) is 24.3 Å². The van der Waals surface area contributed by atoms with E-state index in [1.165, 1.54) is 32.4 Å². The van der Waals surface area contributed by atoms with Gasteiger partial charge >= 0.3 is 0 Å². The molecule has 0 aromatic heterocycles. The molecule has 0 spiro atoms. The van der Waals surface area contributed by atoms with Crippen molar-refractivity contribution in [2.75, 3.05) is 18.5 Å². The summed E-state index contributed by atoms with van der Waals surface area (Å²) in [4.78, 5) is 12.6. The topological polar surface area (TPSA) is 75.7 Å². The van der Waals surface area contributed by atoms with E-state index in [1.807, 2.05) is 6.92 Å². The number of methoxy groups -OCH3 is 1. The quantitative estimate of drug-likeness (QED) is 0.738. The Balaban J connectivity index is 1.92. The van der Waals surface area contributed by atoms with Gasteiger partial charge in [0.25, 0.3) is 15.9 Å². The molecule has 28 heavy (non-hydrogen) atoms. The van der Waals surface area contributed by atoms with Crippen LogP contribution in [0.1, 0.15) is 30.1 Å². The minimum atomic E-state index is -3.92. The van der Waals surface area contributed by atoms with Crippen LogP contribution in [-0.2, 0) is 10.0 Å². The first kappa shape index (κ1) is 20.5. The van der Waals surface area contributed by atoms with Crippen LogP contribution in [0.15, 0.2) is 47.4 Å². The van der Waals surface area contributed by atoms with E-state index < -0.39 is 10.0 Å². The van der Waals surface area contributed by atoms with Crippen LogP contribution in [0.5, 0.6) is 5.75 Å². The lowest BCUT2D eigenvalue weighted by molar-refractivity contribution is 0.0936. The van der Waals surface area contributed by atoms with Crippen molar-refractivity contribution in [1.82, 2.24) is 5.32 Å². The fraction of sp³-hybridized carbons (Fsp3) is 0.350. The monoisotopic (exact) mass is 422 g/mol. The van der Waals surface area contributed by atoms with Crippen molar-refractivity contribution < 1.29 is 17.9 Å². The third-order valence-corrected chi connectivity index (χ3v) is 7.05. The molecule has 1 saturated carbocycles. The van der Waals surface area contributed by atoms with Crippen molar-refractivity contribution in [1.29, 1.82) is 0 Å². The maximum Gasteiger partial charge on any atom is 0.264 e. The number of amides is 1. The van der Waals surface area contributed by atoms with Gasteiger partial charge in [0.15, 0.2) is 0 Å². The van der Waals surface area contributed by atoms with Gasteiger partial charge in [0.05, 0.1) is 28.3 Å². The minimum absolute atomic E-state index is 0.0190. The Kier molecular flexibility index (Phi) is 5.86. The minimum Gasteiger partial charge on any atom is -0.495 e. The van der Waals surface area contributed by atoms with E-state index in [4.69, 9.17) is 16.3 Å². The molecule has 0 heterocycles. The predicted molar refractivity (Wildman–Crippen MR) is 110 cm³/mol. The second-order valence-corrected chi connectivity index (χ2v) is 9.26.